The standard InChI is InChI=1S/C64H124O6/c1-5-8-10-12-14-16-18-20-22-24-26-31-35-39-43-47-51-55-62(65)68-58-61(70-64(67)57-53-49-45-41-37-33-27-25-23-21-19-17-15-13-11-9-6-2)59-69-63(66)56-52-48-44-40-36-32-29-28-30-34-38-42-46-50-54-60(4)7-3/h60-61H,5-59H2,1-4H3/t60?,61-/m0/s1. The lowest BCUT2D eigenvalue weighted by Gasteiger charge is -2.18. The second kappa shape index (κ2) is 58.3. The second-order valence-corrected chi connectivity index (χ2v) is 22.3. The molecule has 0 bridgehead atoms. The van der Waals surface area contributed by atoms with E-state index in [1.807, 2.05) is 0 Å². The van der Waals surface area contributed by atoms with Gasteiger partial charge in [0, 0.05) is 19.3 Å². The molecule has 0 aliphatic carbocycles. The Balaban J connectivity index is 4.29. The molecule has 0 aromatic rings. The summed E-state index contributed by atoms with van der Waals surface area (Å²) in [5, 5.41) is 0. The minimum atomic E-state index is -0.763. The van der Waals surface area contributed by atoms with Crippen molar-refractivity contribution in [3.8, 4) is 0 Å². The van der Waals surface area contributed by atoms with Crippen LogP contribution in [0.4, 0.5) is 0 Å². The molecular formula is C64H124O6. The first-order valence-electron chi connectivity index (χ1n) is 31.9. The van der Waals surface area contributed by atoms with Crippen molar-refractivity contribution in [2.45, 2.75) is 374 Å². The van der Waals surface area contributed by atoms with Crippen molar-refractivity contribution in [3.05, 3.63) is 0 Å². The van der Waals surface area contributed by atoms with Gasteiger partial charge in [0.2, 0.25) is 0 Å². The summed E-state index contributed by atoms with van der Waals surface area (Å²) < 4.78 is 17.0. The van der Waals surface area contributed by atoms with Crippen LogP contribution >= 0.6 is 0 Å². The molecule has 2 atom stereocenters. The first-order valence-corrected chi connectivity index (χ1v) is 31.9. The van der Waals surface area contributed by atoms with Gasteiger partial charge in [0.25, 0.3) is 0 Å². The molecule has 0 radical (unpaired) electrons. The number of hydrogen-bond acceptors (Lipinski definition) is 6. The van der Waals surface area contributed by atoms with Crippen LogP contribution < -0.4 is 0 Å². The fraction of sp³-hybridized carbons (Fsp3) is 0.953. The van der Waals surface area contributed by atoms with Gasteiger partial charge >= 0.3 is 17.9 Å². The van der Waals surface area contributed by atoms with Gasteiger partial charge in [-0.3, -0.25) is 14.4 Å². The number of ether oxygens (including phenoxy) is 3. The van der Waals surface area contributed by atoms with Crippen molar-refractivity contribution >= 4 is 17.9 Å². The fourth-order valence-electron chi connectivity index (χ4n) is 9.95. The maximum atomic E-state index is 12.9. The molecule has 416 valence electrons. The zero-order chi connectivity index (χ0) is 50.9. The molecule has 1 unspecified atom stereocenters. The molecular weight excluding hydrogens is 865 g/mol. The lowest BCUT2D eigenvalue weighted by atomic mass is 9.99. The second-order valence-electron chi connectivity index (χ2n) is 22.3. The third-order valence-corrected chi connectivity index (χ3v) is 15.2. The lowest BCUT2D eigenvalue weighted by Crippen LogP contribution is -2.30. The molecule has 0 spiro atoms. The third-order valence-electron chi connectivity index (χ3n) is 15.2. The number of esters is 3. The normalized spacial score (nSPS) is 12.3. The maximum absolute atomic E-state index is 12.9. The Morgan fingerprint density at radius 1 is 0.286 bits per heavy atom. The molecule has 0 saturated heterocycles. The fourth-order valence-corrected chi connectivity index (χ4v) is 9.95. The van der Waals surface area contributed by atoms with Crippen LogP contribution in [0.2, 0.25) is 0 Å². The Morgan fingerprint density at radius 3 is 0.743 bits per heavy atom. The van der Waals surface area contributed by atoms with E-state index < -0.39 is 6.10 Å². The van der Waals surface area contributed by atoms with Gasteiger partial charge in [-0.1, -0.05) is 329 Å². The first kappa shape index (κ1) is 68.4. The van der Waals surface area contributed by atoms with Crippen LogP contribution in [0.3, 0.4) is 0 Å². The highest BCUT2D eigenvalue weighted by molar-refractivity contribution is 5.71. The van der Waals surface area contributed by atoms with E-state index in [1.165, 1.54) is 263 Å². The van der Waals surface area contributed by atoms with Crippen molar-refractivity contribution in [1.82, 2.24) is 0 Å². The summed E-state index contributed by atoms with van der Waals surface area (Å²) in [6.07, 6.45) is 65.2. The molecule has 0 saturated carbocycles. The molecule has 6 nitrogen and oxygen atoms in total. The highest BCUT2D eigenvalue weighted by Crippen LogP contribution is 2.19. The highest BCUT2D eigenvalue weighted by atomic mass is 16.6. The monoisotopic (exact) mass is 989 g/mol. The smallest absolute Gasteiger partial charge is 0.306 e. The first-order chi connectivity index (χ1) is 34.4. The summed E-state index contributed by atoms with van der Waals surface area (Å²) in [4.78, 5) is 38.3. The zero-order valence-electron chi connectivity index (χ0n) is 48.0. The molecule has 0 aromatic heterocycles. The van der Waals surface area contributed by atoms with Crippen LogP contribution in [0.1, 0.15) is 368 Å². The van der Waals surface area contributed by atoms with Gasteiger partial charge in [-0.15, -0.1) is 0 Å². The molecule has 70 heavy (non-hydrogen) atoms. The van der Waals surface area contributed by atoms with Gasteiger partial charge in [0.1, 0.15) is 13.2 Å². The largest absolute Gasteiger partial charge is 0.462 e. The Bertz CT molecular complexity index is 1060. The molecule has 0 fully saturated rings. The number of hydrogen-bond donors (Lipinski definition) is 0. The van der Waals surface area contributed by atoms with E-state index in [4.69, 9.17) is 14.2 Å². The van der Waals surface area contributed by atoms with Gasteiger partial charge in [-0.05, 0) is 25.2 Å². The Hall–Kier alpha value is -1.59. The average Bonchev–Trinajstić information content (AvgIpc) is 3.36. The van der Waals surface area contributed by atoms with E-state index in [2.05, 4.69) is 27.7 Å². The summed E-state index contributed by atoms with van der Waals surface area (Å²) in [6, 6.07) is 0. The quantitative estimate of drug-likeness (QED) is 0.0343. The van der Waals surface area contributed by atoms with E-state index in [0.29, 0.717) is 19.3 Å². The van der Waals surface area contributed by atoms with Crippen molar-refractivity contribution in [3.63, 3.8) is 0 Å². The highest BCUT2D eigenvalue weighted by Gasteiger charge is 2.19. The van der Waals surface area contributed by atoms with Gasteiger partial charge in [-0.2, -0.15) is 0 Å². The molecule has 0 heterocycles. The zero-order valence-corrected chi connectivity index (χ0v) is 48.0. The SMILES string of the molecule is CCCCCCCCCCCCCCCCCCCC(=O)OC[C@@H](COC(=O)CCCCCCCCCCCCCCCCC(C)CC)OC(=O)CCCCCCCCCCCCCCCCCCC. The van der Waals surface area contributed by atoms with Crippen LogP contribution in [0, 0.1) is 5.92 Å². The van der Waals surface area contributed by atoms with Crippen molar-refractivity contribution < 1.29 is 28.6 Å². The van der Waals surface area contributed by atoms with Crippen LogP contribution in [-0.2, 0) is 28.6 Å². The van der Waals surface area contributed by atoms with Gasteiger partial charge in [0.05, 0.1) is 0 Å². The van der Waals surface area contributed by atoms with E-state index in [0.717, 1.165) is 63.7 Å². The van der Waals surface area contributed by atoms with E-state index in [1.54, 1.807) is 0 Å². The predicted molar refractivity (Wildman–Crippen MR) is 303 cm³/mol. The average molecular weight is 990 g/mol. The molecule has 0 aliphatic heterocycles. The van der Waals surface area contributed by atoms with Crippen LogP contribution in [0.15, 0.2) is 0 Å². The Morgan fingerprint density at radius 2 is 0.500 bits per heavy atom. The Kier molecular flexibility index (Phi) is 57.0. The van der Waals surface area contributed by atoms with Gasteiger partial charge in [-0.25, -0.2) is 0 Å². The summed E-state index contributed by atoms with van der Waals surface area (Å²) in [5.74, 6) is 0.0685. The van der Waals surface area contributed by atoms with Crippen molar-refractivity contribution in [1.29, 1.82) is 0 Å². The van der Waals surface area contributed by atoms with E-state index in [-0.39, 0.29) is 31.1 Å². The van der Waals surface area contributed by atoms with Gasteiger partial charge in [0.15, 0.2) is 6.10 Å². The molecule has 6 heteroatoms. The molecule has 0 aliphatic rings. The van der Waals surface area contributed by atoms with E-state index >= 15 is 0 Å². The number of rotatable bonds is 59. The minimum Gasteiger partial charge on any atom is -0.462 e. The predicted octanol–water partition coefficient (Wildman–Crippen LogP) is 21.4. The summed E-state index contributed by atoms with van der Waals surface area (Å²) in [5.41, 5.74) is 0. The lowest BCUT2D eigenvalue weighted by molar-refractivity contribution is -0.167. The number of unbranched alkanes of at least 4 members (excludes halogenated alkanes) is 45. The third kappa shape index (κ3) is 55.7. The van der Waals surface area contributed by atoms with E-state index in [9.17, 15) is 14.4 Å². The van der Waals surface area contributed by atoms with Crippen molar-refractivity contribution in [2.24, 2.45) is 5.92 Å². The minimum absolute atomic E-state index is 0.0611. The van der Waals surface area contributed by atoms with Gasteiger partial charge < -0.3 is 14.2 Å². The van der Waals surface area contributed by atoms with Crippen LogP contribution in [-0.4, -0.2) is 37.2 Å². The number of carbonyl (C=O) groups excluding carboxylic acids is 3. The topological polar surface area (TPSA) is 78.9 Å². The van der Waals surface area contributed by atoms with Crippen LogP contribution in [0.5, 0.6) is 0 Å². The number of carbonyl (C=O) groups is 3. The molecule has 0 amide bonds. The molecule has 0 rings (SSSR count). The maximum Gasteiger partial charge on any atom is 0.306 e. The van der Waals surface area contributed by atoms with Crippen molar-refractivity contribution in [2.75, 3.05) is 13.2 Å². The van der Waals surface area contributed by atoms with Crippen LogP contribution in [0.25, 0.3) is 0 Å². The molecule has 0 N–H and O–H groups in total. The summed E-state index contributed by atoms with van der Waals surface area (Å²) in [7, 11) is 0. The molecule has 0 aromatic carbocycles. The summed E-state index contributed by atoms with van der Waals surface area (Å²) >= 11 is 0. The Labute approximate surface area is 438 Å². The summed E-state index contributed by atoms with van der Waals surface area (Å²) in [6.45, 7) is 9.12.